The minimum atomic E-state index is 0.618. The van der Waals surface area contributed by atoms with Crippen molar-refractivity contribution in [3.63, 3.8) is 0 Å². The van der Waals surface area contributed by atoms with Gasteiger partial charge in [0.05, 0.1) is 5.69 Å². The van der Waals surface area contributed by atoms with Crippen LogP contribution >= 0.6 is 0 Å². The van der Waals surface area contributed by atoms with Gasteiger partial charge in [-0.05, 0) is 25.5 Å². The number of aromatic nitrogens is 1. The Hall–Kier alpha value is -1.38. The Kier molecular flexibility index (Phi) is 2.21. The van der Waals surface area contributed by atoms with Gasteiger partial charge < -0.3 is 4.52 Å². The number of carbonyl (C=O) groups is 1. The van der Waals surface area contributed by atoms with Crippen LogP contribution in [0, 0.1) is 6.92 Å². The first-order valence-corrected chi connectivity index (χ1v) is 3.29. The van der Waals surface area contributed by atoms with Crippen molar-refractivity contribution < 1.29 is 9.32 Å². The van der Waals surface area contributed by atoms with Crippen LogP contribution in [0.25, 0.3) is 6.08 Å². The van der Waals surface area contributed by atoms with Crippen LogP contribution in [0.15, 0.2) is 16.2 Å². The van der Waals surface area contributed by atoms with Gasteiger partial charge in [-0.3, -0.25) is 4.79 Å². The molecule has 1 rings (SSSR count). The topological polar surface area (TPSA) is 43.1 Å². The molecular weight excluding hydrogens is 142 g/mol. The molecule has 0 aliphatic carbocycles. The Bertz CT molecular complexity index is 286. The van der Waals surface area contributed by atoms with Crippen molar-refractivity contribution in [2.24, 2.45) is 0 Å². The molecule has 0 spiro atoms. The third-order valence-corrected chi connectivity index (χ3v) is 1.20. The number of aryl methyl sites for hydroxylation is 1. The molecule has 11 heavy (non-hydrogen) atoms. The van der Waals surface area contributed by atoms with Crippen LogP contribution in [-0.2, 0) is 4.79 Å². The molecule has 1 aromatic heterocycles. The molecule has 0 aromatic carbocycles. The molecule has 3 heteroatoms. The predicted molar refractivity (Wildman–Crippen MR) is 41.0 cm³/mol. The molecular formula is C8H9NO2. The summed E-state index contributed by atoms with van der Waals surface area (Å²) in [6.07, 6.45) is 2.42. The quantitative estimate of drug-likeness (QED) is 0.476. The third-order valence-electron chi connectivity index (χ3n) is 1.20. The Morgan fingerprint density at radius 3 is 2.91 bits per heavy atom. The van der Waals surface area contributed by atoms with Gasteiger partial charge in [-0.15, -0.1) is 0 Å². The highest BCUT2D eigenvalue weighted by Gasteiger charge is 1.95. The standard InChI is InChI=1S/C8H9NO2/c1-6(5-10)3-8-4-7(2)9-11-8/h3-5H,1-2H3/b6-3-. The molecule has 0 saturated carbocycles. The number of nitrogens with zero attached hydrogens (tertiary/aromatic N) is 1. The summed E-state index contributed by atoms with van der Waals surface area (Å²) in [5.74, 6) is 0.618. The summed E-state index contributed by atoms with van der Waals surface area (Å²) < 4.78 is 4.85. The molecule has 58 valence electrons. The number of allylic oxidation sites excluding steroid dienone is 1. The van der Waals surface area contributed by atoms with Crippen LogP contribution in [0.3, 0.4) is 0 Å². The molecule has 0 amide bonds. The maximum Gasteiger partial charge on any atom is 0.160 e. The molecule has 1 heterocycles. The minimum absolute atomic E-state index is 0.618. The van der Waals surface area contributed by atoms with E-state index in [1.165, 1.54) is 0 Å². The van der Waals surface area contributed by atoms with Crippen molar-refractivity contribution in [2.75, 3.05) is 0 Å². The number of aldehydes is 1. The monoisotopic (exact) mass is 151 g/mol. The van der Waals surface area contributed by atoms with Gasteiger partial charge in [0.1, 0.15) is 6.29 Å². The maximum absolute atomic E-state index is 10.2. The first-order chi connectivity index (χ1) is 5.22. The van der Waals surface area contributed by atoms with E-state index in [-0.39, 0.29) is 0 Å². The molecule has 0 radical (unpaired) electrons. The van der Waals surface area contributed by atoms with Crippen LogP contribution in [0.2, 0.25) is 0 Å². The fraction of sp³-hybridized carbons (Fsp3) is 0.250. The van der Waals surface area contributed by atoms with Crippen LogP contribution in [0.1, 0.15) is 18.4 Å². The molecule has 0 unspecified atom stereocenters. The van der Waals surface area contributed by atoms with Gasteiger partial charge in [-0.1, -0.05) is 5.16 Å². The molecule has 0 N–H and O–H groups in total. The first-order valence-electron chi connectivity index (χ1n) is 3.29. The lowest BCUT2D eigenvalue weighted by Crippen LogP contribution is -1.74. The summed E-state index contributed by atoms with van der Waals surface area (Å²) in [6.45, 7) is 3.54. The molecule has 3 nitrogen and oxygen atoms in total. The number of hydrogen-bond acceptors (Lipinski definition) is 3. The second kappa shape index (κ2) is 3.14. The van der Waals surface area contributed by atoms with Crippen LogP contribution < -0.4 is 0 Å². The van der Waals surface area contributed by atoms with Crippen molar-refractivity contribution in [3.05, 3.63) is 23.1 Å². The first kappa shape index (κ1) is 7.72. The lowest BCUT2D eigenvalue weighted by molar-refractivity contribution is -0.104. The second-order valence-corrected chi connectivity index (χ2v) is 2.38. The summed E-state index contributed by atoms with van der Waals surface area (Å²) in [5.41, 5.74) is 1.44. The zero-order valence-corrected chi connectivity index (χ0v) is 6.50. The summed E-state index contributed by atoms with van der Waals surface area (Å²) in [4.78, 5) is 10.2. The smallest absolute Gasteiger partial charge is 0.160 e. The number of hydrogen-bond donors (Lipinski definition) is 0. The third kappa shape index (κ3) is 2.04. The van der Waals surface area contributed by atoms with E-state index in [1.54, 1.807) is 19.1 Å². The average Bonchev–Trinajstić information content (AvgIpc) is 2.35. The highest BCUT2D eigenvalue weighted by atomic mass is 16.5. The van der Waals surface area contributed by atoms with E-state index in [2.05, 4.69) is 5.16 Å². The molecule has 0 bridgehead atoms. The fourth-order valence-electron chi connectivity index (χ4n) is 0.710. The largest absolute Gasteiger partial charge is 0.357 e. The molecule has 0 aliphatic heterocycles. The highest BCUT2D eigenvalue weighted by molar-refractivity contribution is 5.79. The molecule has 0 saturated heterocycles. The Labute approximate surface area is 64.7 Å². The lowest BCUT2D eigenvalue weighted by Gasteiger charge is -1.82. The number of carbonyl (C=O) groups excluding carboxylic acids is 1. The van der Waals surface area contributed by atoms with Crippen LogP contribution in [0.4, 0.5) is 0 Å². The lowest BCUT2D eigenvalue weighted by atomic mass is 10.2. The van der Waals surface area contributed by atoms with E-state index in [9.17, 15) is 4.79 Å². The molecule has 0 atom stereocenters. The normalized spacial score (nSPS) is 11.6. The van der Waals surface area contributed by atoms with Crippen molar-refractivity contribution in [2.45, 2.75) is 13.8 Å². The summed E-state index contributed by atoms with van der Waals surface area (Å²) in [7, 11) is 0. The van der Waals surface area contributed by atoms with E-state index in [4.69, 9.17) is 4.52 Å². The van der Waals surface area contributed by atoms with Crippen LogP contribution in [0.5, 0.6) is 0 Å². The zero-order chi connectivity index (χ0) is 8.27. The van der Waals surface area contributed by atoms with Gasteiger partial charge in [0.25, 0.3) is 0 Å². The van der Waals surface area contributed by atoms with Crippen molar-refractivity contribution in [1.29, 1.82) is 0 Å². The van der Waals surface area contributed by atoms with Gasteiger partial charge in [0.15, 0.2) is 5.76 Å². The molecule has 0 fully saturated rings. The van der Waals surface area contributed by atoms with Gasteiger partial charge >= 0.3 is 0 Å². The Morgan fingerprint density at radius 2 is 2.45 bits per heavy atom. The van der Waals surface area contributed by atoms with E-state index in [0.29, 0.717) is 11.3 Å². The number of rotatable bonds is 2. The van der Waals surface area contributed by atoms with E-state index in [0.717, 1.165) is 12.0 Å². The zero-order valence-electron chi connectivity index (χ0n) is 6.50. The van der Waals surface area contributed by atoms with Crippen molar-refractivity contribution in [1.82, 2.24) is 5.16 Å². The Morgan fingerprint density at radius 1 is 1.73 bits per heavy atom. The Balaban J connectivity index is 2.86. The second-order valence-electron chi connectivity index (χ2n) is 2.38. The minimum Gasteiger partial charge on any atom is -0.357 e. The van der Waals surface area contributed by atoms with Gasteiger partial charge in [0.2, 0.25) is 0 Å². The highest BCUT2D eigenvalue weighted by Crippen LogP contribution is 2.06. The summed E-state index contributed by atoms with van der Waals surface area (Å²) in [5, 5.41) is 3.67. The van der Waals surface area contributed by atoms with Gasteiger partial charge in [-0.2, -0.15) is 0 Å². The van der Waals surface area contributed by atoms with E-state index < -0.39 is 0 Å². The van der Waals surface area contributed by atoms with Gasteiger partial charge in [-0.25, -0.2) is 0 Å². The van der Waals surface area contributed by atoms with Gasteiger partial charge in [0, 0.05) is 6.07 Å². The predicted octanol–water partition coefficient (Wildman–Crippen LogP) is 1.59. The van der Waals surface area contributed by atoms with E-state index >= 15 is 0 Å². The van der Waals surface area contributed by atoms with Crippen molar-refractivity contribution >= 4 is 12.4 Å². The SMILES string of the molecule is C/C(C=O)=C/c1cc(C)no1. The van der Waals surface area contributed by atoms with Crippen LogP contribution in [-0.4, -0.2) is 11.4 Å². The summed E-state index contributed by atoms with van der Waals surface area (Å²) in [6, 6.07) is 1.77. The van der Waals surface area contributed by atoms with E-state index in [1.807, 2.05) is 6.92 Å². The molecule has 1 aromatic rings. The fourth-order valence-corrected chi connectivity index (χ4v) is 0.710. The molecule has 0 aliphatic rings. The average molecular weight is 151 g/mol. The maximum atomic E-state index is 10.2. The van der Waals surface area contributed by atoms with Crippen molar-refractivity contribution in [3.8, 4) is 0 Å². The summed E-state index contributed by atoms with van der Waals surface area (Å²) >= 11 is 0.